The maximum Gasteiger partial charge on any atom is 0.243 e. The van der Waals surface area contributed by atoms with Gasteiger partial charge in [-0.3, -0.25) is 24.5 Å². The standard InChI is InChI=1S/C19H32N6O3/c20-19(23-17-6-9-21-10-7-17)22-8-4-2-1-3-5-18(26)24-28-16-13-25-11-14-27-15-12-25/h6-7,9-10H,1-5,8,11-16H2,(H,24,26)(H3,20,21,22,23). The molecule has 9 heteroatoms. The molecule has 2 heterocycles. The zero-order chi connectivity index (χ0) is 19.9. The zero-order valence-electron chi connectivity index (χ0n) is 16.4. The van der Waals surface area contributed by atoms with E-state index in [1.807, 2.05) is 12.1 Å². The molecular weight excluding hydrogens is 360 g/mol. The van der Waals surface area contributed by atoms with Gasteiger partial charge in [-0.1, -0.05) is 12.8 Å². The Bertz CT molecular complexity index is 578. The first kappa shape index (κ1) is 22.1. The van der Waals surface area contributed by atoms with Crippen LogP contribution in [0.2, 0.25) is 0 Å². The van der Waals surface area contributed by atoms with E-state index in [0.717, 1.165) is 64.2 Å². The Morgan fingerprint density at radius 1 is 1.21 bits per heavy atom. The van der Waals surface area contributed by atoms with Crippen molar-refractivity contribution in [1.29, 1.82) is 0 Å². The van der Waals surface area contributed by atoms with Crippen molar-refractivity contribution in [2.45, 2.75) is 32.1 Å². The molecule has 2 rings (SSSR count). The molecule has 0 spiro atoms. The number of morpholine rings is 1. The highest BCUT2D eigenvalue weighted by Gasteiger charge is 2.09. The molecule has 0 bridgehead atoms. The van der Waals surface area contributed by atoms with E-state index in [4.69, 9.17) is 15.3 Å². The number of hydrogen-bond acceptors (Lipinski definition) is 6. The fourth-order valence-corrected chi connectivity index (χ4v) is 2.76. The van der Waals surface area contributed by atoms with Crippen LogP contribution in [0.15, 0.2) is 29.5 Å². The van der Waals surface area contributed by atoms with Crippen molar-refractivity contribution in [3.8, 4) is 0 Å². The SMILES string of the molecule is NC(=NCCCCCCC(=O)NOCCN1CCOCC1)Nc1ccncc1. The monoisotopic (exact) mass is 392 g/mol. The maximum absolute atomic E-state index is 11.7. The zero-order valence-corrected chi connectivity index (χ0v) is 16.4. The number of nitrogens with zero attached hydrogens (tertiary/aromatic N) is 3. The summed E-state index contributed by atoms with van der Waals surface area (Å²) in [7, 11) is 0. The third-order valence-corrected chi connectivity index (χ3v) is 4.35. The number of nitrogens with one attached hydrogen (secondary N) is 2. The first-order valence-electron chi connectivity index (χ1n) is 9.92. The first-order valence-corrected chi connectivity index (χ1v) is 9.92. The van der Waals surface area contributed by atoms with Gasteiger partial charge in [0.05, 0.1) is 19.8 Å². The molecule has 4 N–H and O–H groups in total. The molecule has 0 aromatic carbocycles. The van der Waals surface area contributed by atoms with Crippen LogP contribution in [0.4, 0.5) is 5.69 Å². The van der Waals surface area contributed by atoms with Gasteiger partial charge in [0.1, 0.15) is 0 Å². The molecule has 1 aliphatic heterocycles. The second-order valence-corrected chi connectivity index (χ2v) is 6.62. The molecule has 9 nitrogen and oxygen atoms in total. The number of carbonyl (C=O) groups excluding carboxylic acids is 1. The number of amides is 1. The molecule has 1 amide bonds. The van der Waals surface area contributed by atoms with E-state index in [0.29, 0.717) is 25.5 Å². The minimum atomic E-state index is -0.0641. The van der Waals surface area contributed by atoms with Crippen molar-refractivity contribution in [3.05, 3.63) is 24.5 Å². The van der Waals surface area contributed by atoms with Crippen LogP contribution >= 0.6 is 0 Å². The summed E-state index contributed by atoms with van der Waals surface area (Å²) in [5.74, 6) is 0.339. The molecule has 1 aromatic rings. The number of hydroxylamine groups is 1. The Labute approximate surface area is 166 Å². The Morgan fingerprint density at radius 2 is 1.96 bits per heavy atom. The number of aliphatic imine (C=N–C) groups is 1. The molecule has 0 saturated carbocycles. The van der Waals surface area contributed by atoms with Gasteiger partial charge in [0.15, 0.2) is 5.96 Å². The van der Waals surface area contributed by atoms with Gasteiger partial charge in [-0.2, -0.15) is 0 Å². The van der Waals surface area contributed by atoms with Crippen LogP contribution in [0, 0.1) is 0 Å². The van der Waals surface area contributed by atoms with E-state index in [1.165, 1.54) is 0 Å². The minimum absolute atomic E-state index is 0.0641. The number of pyridine rings is 1. The number of unbranched alkanes of at least 4 members (excludes halogenated alkanes) is 3. The second kappa shape index (κ2) is 13.9. The summed E-state index contributed by atoms with van der Waals surface area (Å²) in [6.07, 6.45) is 7.64. The maximum atomic E-state index is 11.7. The predicted octanol–water partition coefficient (Wildman–Crippen LogP) is 1.14. The van der Waals surface area contributed by atoms with Gasteiger partial charge >= 0.3 is 0 Å². The van der Waals surface area contributed by atoms with Crippen molar-refractivity contribution in [2.24, 2.45) is 10.7 Å². The van der Waals surface area contributed by atoms with Crippen LogP contribution in [0.25, 0.3) is 0 Å². The molecule has 0 radical (unpaired) electrons. The predicted molar refractivity (Wildman–Crippen MR) is 109 cm³/mol. The average Bonchev–Trinajstić information content (AvgIpc) is 2.72. The lowest BCUT2D eigenvalue weighted by atomic mass is 10.1. The van der Waals surface area contributed by atoms with Crippen molar-refractivity contribution in [1.82, 2.24) is 15.4 Å². The molecule has 1 fully saturated rings. The summed E-state index contributed by atoms with van der Waals surface area (Å²) in [6, 6.07) is 3.67. The summed E-state index contributed by atoms with van der Waals surface area (Å²) in [5, 5.41) is 3.02. The number of guanidine groups is 1. The van der Waals surface area contributed by atoms with Gasteiger partial charge in [0, 0.05) is 50.7 Å². The third-order valence-electron chi connectivity index (χ3n) is 4.35. The van der Waals surface area contributed by atoms with Gasteiger partial charge in [-0.05, 0) is 25.0 Å². The summed E-state index contributed by atoms with van der Waals surface area (Å²) in [5.41, 5.74) is 9.22. The van der Waals surface area contributed by atoms with E-state index in [2.05, 4.69) is 25.7 Å². The van der Waals surface area contributed by atoms with Crippen LogP contribution in [0.5, 0.6) is 0 Å². The molecule has 28 heavy (non-hydrogen) atoms. The molecule has 0 aliphatic carbocycles. The molecule has 1 saturated heterocycles. The largest absolute Gasteiger partial charge is 0.379 e. The highest BCUT2D eigenvalue weighted by atomic mass is 16.7. The molecule has 156 valence electrons. The van der Waals surface area contributed by atoms with Crippen LogP contribution in [-0.4, -0.2) is 67.8 Å². The number of ether oxygens (including phenoxy) is 1. The molecule has 1 aromatic heterocycles. The Balaban J connectivity index is 1.40. The average molecular weight is 393 g/mol. The summed E-state index contributed by atoms with van der Waals surface area (Å²) in [6.45, 7) is 5.36. The first-order chi connectivity index (χ1) is 13.7. The van der Waals surface area contributed by atoms with Crippen LogP contribution in [0.3, 0.4) is 0 Å². The van der Waals surface area contributed by atoms with Crippen molar-refractivity contribution in [3.63, 3.8) is 0 Å². The van der Waals surface area contributed by atoms with E-state index in [1.54, 1.807) is 12.4 Å². The van der Waals surface area contributed by atoms with E-state index in [-0.39, 0.29) is 5.91 Å². The molecule has 1 aliphatic rings. The van der Waals surface area contributed by atoms with Crippen LogP contribution in [0.1, 0.15) is 32.1 Å². The lowest BCUT2D eigenvalue weighted by molar-refractivity contribution is -0.134. The molecule has 0 atom stereocenters. The topological polar surface area (TPSA) is 114 Å². The quantitative estimate of drug-likeness (QED) is 0.211. The normalized spacial score (nSPS) is 15.4. The van der Waals surface area contributed by atoms with Gasteiger partial charge in [0.2, 0.25) is 5.91 Å². The Morgan fingerprint density at radius 3 is 2.75 bits per heavy atom. The lowest BCUT2D eigenvalue weighted by Crippen LogP contribution is -2.39. The van der Waals surface area contributed by atoms with Crippen molar-refractivity contribution < 1.29 is 14.4 Å². The van der Waals surface area contributed by atoms with E-state index < -0.39 is 0 Å². The van der Waals surface area contributed by atoms with Gasteiger partial charge in [-0.25, -0.2) is 5.48 Å². The molecule has 0 unspecified atom stereocenters. The number of anilines is 1. The summed E-state index contributed by atoms with van der Waals surface area (Å²) in [4.78, 5) is 27.5. The number of nitrogens with two attached hydrogens (primary N) is 1. The van der Waals surface area contributed by atoms with Gasteiger partial charge in [-0.15, -0.1) is 0 Å². The van der Waals surface area contributed by atoms with Crippen molar-refractivity contribution in [2.75, 3.05) is 51.3 Å². The highest BCUT2D eigenvalue weighted by Crippen LogP contribution is 2.04. The number of aromatic nitrogens is 1. The fraction of sp³-hybridized carbons (Fsp3) is 0.632. The molecular formula is C19H32N6O3. The van der Waals surface area contributed by atoms with Gasteiger partial charge < -0.3 is 15.8 Å². The summed E-state index contributed by atoms with van der Waals surface area (Å²) >= 11 is 0. The fourth-order valence-electron chi connectivity index (χ4n) is 2.76. The second-order valence-electron chi connectivity index (χ2n) is 6.62. The van der Waals surface area contributed by atoms with Gasteiger partial charge in [0.25, 0.3) is 0 Å². The highest BCUT2D eigenvalue weighted by molar-refractivity contribution is 5.92. The Kier molecular flexibility index (Phi) is 10.9. The van der Waals surface area contributed by atoms with E-state index >= 15 is 0 Å². The summed E-state index contributed by atoms with van der Waals surface area (Å²) < 4.78 is 5.29. The van der Waals surface area contributed by atoms with Crippen molar-refractivity contribution >= 4 is 17.6 Å². The lowest BCUT2D eigenvalue weighted by Gasteiger charge is -2.26. The Hall–Kier alpha value is -2.23. The van der Waals surface area contributed by atoms with E-state index in [9.17, 15) is 4.79 Å². The number of hydrogen-bond donors (Lipinski definition) is 3. The smallest absolute Gasteiger partial charge is 0.243 e. The number of rotatable bonds is 12. The number of carbonyl (C=O) groups is 1. The third kappa shape index (κ3) is 10.2. The minimum Gasteiger partial charge on any atom is -0.379 e. The van der Waals surface area contributed by atoms with Crippen LogP contribution < -0.4 is 16.5 Å². The van der Waals surface area contributed by atoms with Crippen LogP contribution in [-0.2, 0) is 14.4 Å².